The maximum absolute atomic E-state index is 13.9. The maximum Gasteiger partial charge on any atom is 0.339 e. The van der Waals surface area contributed by atoms with Crippen molar-refractivity contribution in [3.63, 3.8) is 0 Å². The standard InChI is InChI=1S/C20H31O8PS2/c1-6-24-16(21)12-30-10-14-13(5)28-15-11-31-19(20(22)25-7-2)18(17(14)15)29(23,26-8-3)27-9-4/h18-19H,6-12H2,1-5H3. The second-order valence-electron chi connectivity index (χ2n) is 6.58. The van der Waals surface area contributed by atoms with Gasteiger partial charge in [0, 0.05) is 16.9 Å². The van der Waals surface area contributed by atoms with Crippen molar-refractivity contribution in [1.29, 1.82) is 0 Å². The van der Waals surface area contributed by atoms with Crippen LogP contribution in [-0.4, -0.2) is 49.4 Å². The van der Waals surface area contributed by atoms with E-state index in [4.69, 9.17) is 22.9 Å². The summed E-state index contributed by atoms with van der Waals surface area (Å²) >= 11 is 2.69. The lowest BCUT2D eigenvalue weighted by atomic mass is 10.0. The molecule has 1 aliphatic rings. The minimum absolute atomic E-state index is 0.174. The van der Waals surface area contributed by atoms with E-state index in [1.165, 1.54) is 23.5 Å². The number of carbonyl (C=O) groups is 2. The van der Waals surface area contributed by atoms with Crippen LogP contribution in [0.3, 0.4) is 0 Å². The second kappa shape index (κ2) is 12.3. The normalized spacial score (nSPS) is 18.5. The molecule has 31 heavy (non-hydrogen) atoms. The van der Waals surface area contributed by atoms with Gasteiger partial charge in [0.2, 0.25) is 0 Å². The van der Waals surface area contributed by atoms with Crippen molar-refractivity contribution >= 4 is 43.1 Å². The third-order valence-corrected chi connectivity index (χ3v) is 9.41. The van der Waals surface area contributed by atoms with E-state index in [1.54, 1.807) is 27.7 Å². The first-order valence-corrected chi connectivity index (χ1v) is 14.2. The van der Waals surface area contributed by atoms with E-state index in [-0.39, 0.29) is 31.5 Å². The van der Waals surface area contributed by atoms with Crippen LogP contribution in [0.5, 0.6) is 0 Å². The number of furan rings is 1. The van der Waals surface area contributed by atoms with Gasteiger partial charge < -0.3 is 22.9 Å². The summed E-state index contributed by atoms with van der Waals surface area (Å²) in [4.78, 5) is 24.5. The van der Waals surface area contributed by atoms with Crippen molar-refractivity contribution in [2.24, 2.45) is 0 Å². The maximum atomic E-state index is 13.9. The van der Waals surface area contributed by atoms with Crippen LogP contribution in [0.15, 0.2) is 4.42 Å². The van der Waals surface area contributed by atoms with E-state index in [0.29, 0.717) is 35.2 Å². The molecule has 0 bridgehead atoms. The number of rotatable bonds is 12. The summed E-state index contributed by atoms with van der Waals surface area (Å²) in [6.07, 6.45) is 0. The van der Waals surface area contributed by atoms with E-state index in [2.05, 4.69) is 0 Å². The summed E-state index contributed by atoms with van der Waals surface area (Å²) in [6, 6.07) is 0. The van der Waals surface area contributed by atoms with Crippen molar-refractivity contribution in [3.8, 4) is 0 Å². The van der Waals surface area contributed by atoms with Gasteiger partial charge in [0.25, 0.3) is 0 Å². The van der Waals surface area contributed by atoms with Gasteiger partial charge in [0.05, 0.1) is 37.9 Å². The van der Waals surface area contributed by atoms with Crippen LogP contribution in [-0.2, 0) is 44.2 Å². The van der Waals surface area contributed by atoms with Gasteiger partial charge in [-0.2, -0.15) is 0 Å². The first-order valence-electron chi connectivity index (χ1n) is 10.3. The lowest BCUT2D eigenvalue weighted by Gasteiger charge is -2.34. The first-order chi connectivity index (χ1) is 14.8. The summed E-state index contributed by atoms with van der Waals surface area (Å²) in [5.41, 5.74) is 0.635. The Morgan fingerprint density at radius 1 is 1.10 bits per heavy atom. The highest BCUT2D eigenvalue weighted by molar-refractivity contribution is 8.00. The van der Waals surface area contributed by atoms with Crippen LogP contribution in [0.4, 0.5) is 0 Å². The van der Waals surface area contributed by atoms with Crippen molar-refractivity contribution in [1.82, 2.24) is 0 Å². The first kappa shape index (κ1) is 26.3. The van der Waals surface area contributed by atoms with Crippen LogP contribution in [0.1, 0.15) is 56.0 Å². The monoisotopic (exact) mass is 494 g/mol. The van der Waals surface area contributed by atoms with Gasteiger partial charge in [-0.1, -0.05) is 0 Å². The highest BCUT2D eigenvalue weighted by Gasteiger charge is 2.51. The smallest absolute Gasteiger partial charge is 0.339 e. The molecular formula is C20H31O8PS2. The van der Waals surface area contributed by atoms with E-state index < -0.39 is 24.5 Å². The number of carbonyl (C=O) groups excluding carboxylic acids is 2. The Labute approximate surface area is 192 Å². The zero-order valence-electron chi connectivity index (χ0n) is 18.6. The molecule has 2 atom stereocenters. The minimum Gasteiger partial charge on any atom is -0.465 e. The Bertz CT molecular complexity index is 799. The van der Waals surface area contributed by atoms with Crippen molar-refractivity contribution in [2.75, 3.05) is 32.2 Å². The number of hydrogen-bond acceptors (Lipinski definition) is 10. The predicted molar refractivity (Wildman–Crippen MR) is 122 cm³/mol. The molecule has 8 nitrogen and oxygen atoms in total. The molecule has 0 saturated carbocycles. The molecule has 0 N–H and O–H groups in total. The number of thioether (sulfide) groups is 2. The summed E-state index contributed by atoms with van der Waals surface area (Å²) in [5.74, 6) is 1.63. The molecular weight excluding hydrogens is 463 g/mol. The fourth-order valence-electron chi connectivity index (χ4n) is 3.44. The molecule has 0 saturated heterocycles. The van der Waals surface area contributed by atoms with Crippen molar-refractivity contribution in [3.05, 3.63) is 22.6 Å². The van der Waals surface area contributed by atoms with Gasteiger partial charge in [-0.3, -0.25) is 14.2 Å². The van der Waals surface area contributed by atoms with Crippen LogP contribution in [0.25, 0.3) is 0 Å². The molecule has 1 aromatic rings. The van der Waals surface area contributed by atoms with Gasteiger partial charge in [-0.25, -0.2) is 0 Å². The zero-order chi connectivity index (χ0) is 23.0. The van der Waals surface area contributed by atoms with Crippen LogP contribution >= 0.6 is 31.1 Å². The molecule has 176 valence electrons. The average molecular weight is 495 g/mol. The number of ether oxygens (including phenoxy) is 2. The molecule has 1 aromatic heterocycles. The Kier molecular flexibility index (Phi) is 10.5. The number of fused-ring (bicyclic) bond motifs is 1. The van der Waals surface area contributed by atoms with Crippen LogP contribution in [0, 0.1) is 6.92 Å². The van der Waals surface area contributed by atoms with E-state index in [1.807, 2.05) is 6.92 Å². The van der Waals surface area contributed by atoms with Gasteiger partial charge in [0.15, 0.2) is 0 Å². The highest BCUT2D eigenvalue weighted by atomic mass is 32.2. The SMILES string of the molecule is CCOC(=O)CSCc1c(C)oc2c1C(P(=O)(OCC)OCC)C(C(=O)OCC)SC2. The highest BCUT2D eigenvalue weighted by Crippen LogP contribution is 2.67. The largest absolute Gasteiger partial charge is 0.465 e. The molecule has 0 radical (unpaired) electrons. The molecule has 0 fully saturated rings. The van der Waals surface area contributed by atoms with Crippen molar-refractivity contribution in [2.45, 2.75) is 57.0 Å². The average Bonchev–Trinajstić information content (AvgIpc) is 3.03. The molecule has 11 heteroatoms. The Balaban J connectivity index is 2.47. The van der Waals surface area contributed by atoms with Crippen molar-refractivity contribution < 1.29 is 37.1 Å². The lowest BCUT2D eigenvalue weighted by Crippen LogP contribution is -2.32. The van der Waals surface area contributed by atoms with Gasteiger partial charge in [0.1, 0.15) is 22.4 Å². The molecule has 1 aliphatic heterocycles. The third-order valence-electron chi connectivity index (χ3n) is 4.55. The molecule has 2 heterocycles. The number of hydrogen-bond donors (Lipinski definition) is 0. The molecule has 0 aromatic carbocycles. The Hall–Kier alpha value is -0.930. The fourth-order valence-corrected chi connectivity index (χ4v) is 8.31. The topological polar surface area (TPSA) is 101 Å². The van der Waals surface area contributed by atoms with Gasteiger partial charge >= 0.3 is 19.5 Å². The minimum atomic E-state index is -3.72. The summed E-state index contributed by atoms with van der Waals surface area (Å²) in [7, 11) is -3.72. The molecule has 2 rings (SSSR count). The number of aryl methyl sites for hydroxylation is 1. The second-order valence-corrected chi connectivity index (χ2v) is 10.8. The molecule has 0 amide bonds. The van der Waals surface area contributed by atoms with Gasteiger partial charge in [-0.05, 0) is 34.6 Å². The third kappa shape index (κ3) is 6.32. The number of esters is 2. The lowest BCUT2D eigenvalue weighted by molar-refractivity contribution is -0.142. The fraction of sp³-hybridized carbons (Fsp3) is 0.700. The van der Waals surface area contributed by atoms with E-state index in [9.17, 15) is 14.2 Å². The van der Waals surface area contributed by atoms with E-state index in [0.717, 1.165) is 5.56 Å². The van der Waals surface area contributed by atoms with Crippen LogP contribution in [0.2, 0.25) is 0 Å². The molecule has 0 aliphatic carbocycles. The zero-order valence-corrected chi connectivity index (χ0v) is 21.2. The summed E-state index contributed by atoms with van der Waals surface area (Å²) in [5, 5.41) is -0.748. The quantitative estimate of drug-likeness (QED) is 0.295. The summed E-state index contributed by atoms with van der Waals surface area (Å²) in [6.45, 7) is 9.68. The Morgan fingerprint density at radius 3 is 2.32 bits per heavy atom. The predicted octanol–water partition coefficient (Wildman–Crippen LogP) is 4.87. The van der Waals surface area contributed by atoms with E-state index >= 15 is 0 Å². The summed E-state index contributed by atoms with van der Waals surface area (Å²) < 4.78 is 41.4. The molecule has 2 unspecified atom stereocenters. The van der Waals surface area contributed by atoms with Gasteiger partial charge in [-0.15, -0.1) is 23.5 Å². The Morgan fingerprint density at radius 2 is 1.74 bits per heavy atom. The van der Waals surface area contributed by atoms with Crippen LogP contribution < -0.4 is 0 Å². The molecule has 0 spiro atoms.